The molecule has 0 saturated carbocycles. The molecule has 8 nitrogen and oxygen atoms in total. The van der Waals surface area contributed by atoms with Gasteiger partial charge < -0.3 is 15.8 Å². The third kappa shape index (κ3) is 2.33. The molecule has 2 atom stereocenters. The number of nitrogens with two attached hydrogens (primary N) is 1. The van der Waals surface area contributed by atoms with Crippen molar-refractivity contribution in [1.82, 2.24) is 9.97 Å². The maximum absolute atomic E-state index is 11.0. The van der Waals surface area contributed by atoms with Gasteiger partial charge in [-0.3, -0.25) is 10.1 Å². The monoisotopic (exact) mass is 253 g/mol. The average Bonchev–Trinajstić information content (AvgIpc) is 2.62. The zero-order valence-corrected chi connectivity index (χ0v) is 10.2. The lowest BCUT2D eigenvalue weighted by atomic mass is 10.1. The molecular formula is C10H15N5O3. The van der Waals surface area contributed by atoms with Gasteiger partial charge in [0.25, 0.3) is 0 Å². The quantitative estimate of drug-likeness (QED) is 0.606. The Labute approximate surface area is 104 Å². The van der Waals surface area contributed by atoms with E-state index in [0.29, 0.717) is 6.61 Å². The van der Waals surface area contributed by atoms with Crippen LogP contribution in [0.2, 0.25) is 0 Å². The summed E-state index contributed by atoms with van der Waals surface area (Å²) in [5.41, 5.74) is 5.64. The van der Waals surface area contributed by atoms with Crippen LogP contribution in [0.15, 0.2) is 0 Å². The van der Waals surface area contributed by atoms with Crippen molar-refractivity contribution in [2.45, 2.75) is 32.4 Å². The Balaban J connectivity index is 2.33. The molecule has 1 saturated heterocycles. The van der Waals surface area contributed by atoms with Gasteiger partial charge in [-0.15, -0.1) is 0 Å². The van der Waals surface area contributed by atoms with Crippen LogP contribution in [0.3, 0.4) is 0 Å². The Hall–Kier alpha value is -1.96. The molecule has 1 aromatic rings. The van der Waals surface area contributed by atoms with Crippen molar-refractivity contribution in [3.05, 3.63) is 15.8 Å². The van der Waals surface area contributed by atoms with E-state index in [1.165, 1.54) is 6.92 Å². The van der Waals surface area contributed by atoms with Crippen molar-refractivity contribution in [2.24, 2.45) is 0 Å². The second-order valence-corrected chi connectivity index (χ2v) is 4.24. The summed E-state index contributed by atoms with van der Waals surface area (Å²) in [5, 5.41) is 14.0. The number of anilines is 2. The van der Waals surface area contributed by atoms with Gasteiger partial charge >= 0.3 is 5.69 Å². The minimum atomic E-state index is -0.502. The van der Waals surface area contributed by atoms with Crippen LogP contribution in [-0.2, 0) is 4.74 Å². The molecule has 1 fully saturated rings. The summed E-state index contributed by atoms with van der Waals surface area (Å²) < 4.78 is 5.39. The van der Waals surface area contributed by atoms with Crippen LogP contribution in [-0.4, -0.2) is 33.6 Å². The van der Waals surface area contributed by atoms with Crippen molar-refractivity contribution in [3.63, 3.8) is 0 Å². The Bertz CT molecular complexity index is 479. The second-order valence-electron chi connectivity index (χ2n) is 4.24. The predicted octanol–water partition coefficient (Wildman–Crippen LogP) is 0.865. The minimum absolute atomic E-state index is 0.00241. The number of nitrogen functional groups attached to an aromatic ring is 1. The molecule has 1 aromatic heterocycles. The first-order valence-electron chi connectivity index (χ1n) is 5.65. The molecular weight excluding hydrogens is 238 g/mol. The Morgan fingerprint density at radius 2 is 2.28 bits per heavy atom. The highest BCUT2D eigenvalue weighted by atomic mass is 16.6. The number of hydrogen-bond acceptors (Lipinski definition) is 7. The molecule has 0 amide bonds. The zero-order chi connectivity index (χ0) is 13.3. The van der Waals surface area contributed by atoms with Gasteiger partial charge in [0.2, 0.25) is 11.8 Å². The average molecular weight is 253 g/mol. The summed E-state index contributed by atoms with van der Waals surface area (Å²) in [4.78, 5) is 18.2. The summed E-state index contributed by atoms with van der Waals surface area (Å²) in [5.74, 6) is 0.180. The third-order valence-electron chi connectivity index (χ3n) is 2.96. The van der Waals surface area contributed by atoms with Gasteiger partial charge in [0.1, 0.15) is 5.69 Å². The fourth-order valence-electron chi connectivity index (χ4n) is 2.00. The van der Waals surface area contributed by atoms with Crippen LogP contribution in [0, 0.1) is 17.0 Å². The zero-order valence-electron chi connectivity index (χ0n) is 10.2. The van der Waals surface area contributed by atoms with Gasteiger partial charge in [0.15, 0.2) is 0 Å². The lowest BCUT2D eigenvalue weighted by Crippen LogP contribution is -2.28. The number of nitrogens with one attached hydrogen (secondary N) is 1. The molecule has 2 heterocycles. The van der Waals surface area contributed by atoms with E-state index in [9.17, 15) is 10.1 Å². The molecule has 3 N–H and O–H groups in total. The second kappa shape index (κ2) is 4.73. The van der Waals surface area contributed by atoms with Crippen molar-refractivity contribution in [3.8, 4) is 0 Å². The Morgan fingerprint density at radius 3 is 2.83 bits per heavy atom. The summed E-state index contributed by atoms with van der Waals surface area (Å²) >= 11 is 0. The Morgan fingerprint density at radius 1 is 1.56 bits per heavy atom. The topological polar surface area (TPSA) is 116 Å². The van der Waals surface area contributed by atoms with Gasteiger partial charge in [-0.25, -0.2) is 4.98 Å². The lowest BCUT2D eigenvalue weighted by Gasteiger charge is -2.16. The van der Waals surface area contributed by atoms with E-state index in [1.54, 1.807) is 0 Å². The van der Waals surface area contributed by atoms with Crippen molar-refractivity contribution >= 4 is 17.5 Å². The normalized spacial score (nSPS) is 23.0. The number of hydrogen-bond donors (Lipinski definition) is 2. The number of nitrogens with zero attached hydrogens (tertiary/aromatic N) is 3. The number of nitro groups is 1. The van der Waals surface area contributed by atoms with E-state index < -0.39 is 4.92 Å². The molecule has 1 aliphatic heterocycles. The molecule has 8 heteroatoms. The number of ether oxygens (including phenoxy) is 1. The van der Waals surface area contributed by atoms with Crippen LogP contribution in [0.25, 0.3) is 0 Å². The highest BCUT2D eigenvalue weighted by Crippen LogP contribution is 2.28. The maximum atomic E-state index is 11.0. The SMILES string of the molecule is Cc1nc(N)nc(NC2CCOC2C)c1[N+](=O)[O-]. The van der Waals surface area contributed by atoms with E-state index in [1.807, 2.05) is 6.92 Å². The van der Waals surface area contributed by atoms with Crippen LogP contribution < -0.4 is 11.1 Å². The van der Waals surface area contributed by atoms with Crippen LogP contribution in [0.4, 0.5) is 17.5 Å². The molecule has 0 aliphatic carbocycles. The summed E-state index contributed by atoms with van der Waals surface area (Å²) in [6.45, 7) is 4.08. The van der Waals surface area contributed by atoms with E-state index in [-0.39, 0.29) is 35.3 Å². The lowest BCUT2D eigenvalue weighted by molar-refractivity contribution is -0.385. The summed E-state index contributed by atoms with van der Waals surface area (Å²) in [6.07, 6.45) is 0.766. The Kier molecular flexibility index (Phi) is 3.28. The van der Waals surface area contributed by atoms with E-state index in [0.717, 1.165) is 6.42 Å². The van der Waals surface area contributed by atoms with Crippen LogP contribution >= 0.6 is 0 Å². The standard InChI is InChI=1S/C10H15N5O3/c1-5-8(15(16)17)9(14-10(11)12-5)13-7-3-4-18-6(7)2/h6-7H,3-4H2,1-2H3,(H3,11,12,13,14). The number of rotatable bonds is 3. The first-order chi connectivity index (χ1) is 8.49. The molecule has 0 aromatic carbocycles. The summed E-state index contributed by atoms with van der Waals surface area (Å²) in [6, 6.07) is -0.00241. The van der Waals surface area contributed by atoms with Gasteiger partial charge in [-0.2, -0.15) is 4.98 Å². The predicted molar refractivity (Wildman–Crippen MR) is 65.3 cm³/mol. The molecule has 0 spiro atoms. The fourth-order valence-corrected chi connectivity index (χ4v) is 2.00. The third-order valence-corrected chi connectivity index (χ3v) is 2.96. The molecule has 2 unspecified atom stereocenters. The highest BCUT2D eigenvalue weighted by molar-refractivity contribution is 5.60. The van der Waals surface area contributed by atoms with Crippen LogP contribution in [0.5, 0.6) is 0 Å². The van der Waals surface area contributed by atoms with Crippen molar-refractivity contribution < 1.29 is 9.66 Å². The van der Waals surface area contributed by atoms with Gasteiger partial charge in [0, 0.05) is 6.61 Å². The minimum Gasteiger partial charge on any atom is -0.376 e. The number of aromatic nitrogens is 2. The molecule has 18 heavy (non-hydrogen) atoms. The number of aryl methyl sites for hydroxylation is 1. The molecule has 0 radical (unpaired) electrons. The fraction of sp³-hybridized carbons (Fsp3) is 0.600. The molecule has 2 rings (SSSR count). The smallest absolute Gasteiger partial charge is 0.332 e. The maximum Gasteiger partial charge on any atom is 0.332 e. The van der Waals surface area contributed by atoms with E-state index in [4.69, 9.17) is 10.5 Å². The first kappa shape index (κ1) is 12.5. The first-order valence-corrected chi connectivity index (χ1v) is 5.65. The molecule has 1 aliphatic rings. The highest BCUT2D eigenvalue weighted by Gasteiger charge is 2.29. The molecule has 0 bridgehead atoms. The van der Waals surface area contributed by atoms with Crippen molar-refractivity contribution in [2.75, 3.05) is 17.7 Å². The molecule has 98 valence electrons. The van der Waals surface area contributed by atoms with E-state index in [2.05, 4.69) is 15.3 Å². The van der Waals surface area contributed by atoms with Gasteiger partial charge in [-0.1, -0.05) is 0 Å². The van der Waals surface area contributed by atoms with Crippen LogP contribution in [0.1, 0.15) is 19.0 Å². The van der Waals surface area contributed by atoms with Gasteiger partial charge in [-0.05, 0) is 20.3 Å². The largest absolute Gasteiger partial charge is 0.376 e. The van der Waals surface area contributed by atoms with Crippen molar-refractivity contribution in [1.29, 1.82) is 0 Å². The van der Waals surface area contributed by atoms with Gasteiger partial charge in [0.05, 0.1) is 17.1 Å². The van der Waals surface area contributed by atoms with E-state index >= 15 is 0 Å². The summed E-state index contributed by atoms with van der Waals surface area (Å²) in [7, 11) is 0.